The van der Waals surface area contributed by atoms with Crippen molar-refractivity contribution in [3.05, 3.63) is 23.2 Å². The highest BCUT2D eigenvalue weighted by atomic mass is 35.5. The first-order valence-electron chi connectivity index (χ1n) is 9.08. The van der Waals surface area contributed by atoms with Crippen LogP contribution in [0.25, 0.3) is 0 Å². The average Bonchev–Trinajstić information content (AvgIpc) is 2.69. The van der Waals surface area contributed by atoms with E-state index < -0.39 is 0 Å². The van der Waals surface area contributed by atoms with E-state index >= 15 is 0 Å². The van der Waals surface area contributed by atoms with Crippen molar-refractivity contribution in [3.63, 3.8) is 0 Å². The minimum Gasteiger partial charge on any atom is -0.463 e. The van der Waals surface area contributed by atoms with E-state index in [1.807, 2.05) is 24.1 Å². The zero-order chi connectivity index (χ0) is 19.5. The third kappa shape index (κ3) is 8.23. The Morgan fingerprint density at radius 3 is 2.96 bits per heavy atom. The molecule has 0 saturated carbocycles. The van der Waals surface area contributed by atoms with Crippen LogP contribution >= 0.6 is 35.6 Å². The molecule has 1 aromatic rings. The Kier molecular flexibility index (Phi) is 10.2. The number of carbonyl (C=O) groups excluding carboxylic acids is 1. The molecule has 1 aliphatic heterocycles. The average molecular weight is 432 g/mol. The van der Waals surface area contributed by atoms with Gasteiger partial charge in [0.2, 0.25) is 0 Å². The highest BCUT2D eigenvalue weighted by Gasteiger charge is 2.14. The zero-order valence-electron chi connectivity index (χ0n) is 15.5. The summed E-state index contributed by atoms with van der Waals surface area (Å²) in [7, 11) is 0. The van der Waals surface area contributed by atoms with Crippen LogP contribution < -0.4 is 10.7 Å². The van der Waals surface area contributed by atoms with Gasteiger partial charge in [0.1, 0.15) is 6.61 Å². The standard InChI is InChI=1S/C18H26ClN3O3S2/c1-2-9-24-10-11-25-17(23)13-27-16-12-14(5-6-15(16)19)21-18(26)22-8-4-3-7-20-22/h5-6,12,20H,2-4,7-11,13H2,1H3,(H,21,26). The summed E-state index contributed by atoms with van der Waals surface area (Å²) >= 11 is 13.0. The van der Waals surface area contributed by atoms with Gasteiger partial charge < -0.3 is 14.8 Å². The summed E-state index contributed by atoms with van der Waals surface area (Å²) in [5, 5.41) is 6.37. The number of halogens is 1. The Labute approximate surface area is 175 Å². The van der Waals surface area contributed by atoms with Gasteiger partial charge >= 0.3 is 5.97 Å². The Morgan fingerprint density at radius 1 is 1.37 bits per heavy atom. The number of hydrogen-bond acceptors (Lipinski definition) is 6. The van der Waals surface area contributed by atoms with Gasteiger partial charge in [-0.3, -0.25) is 9.80 Å². The highest BCUT2D eigenvalue weighted by molar-refractivity contribution is 8.00. The Bertz CT molecular complexity index is 628. The number of hydrazine groups is 1. The molecule has 2 N–H and O–H groups in total. The van der Waals surface area contributed by atoms with Crippen molar-refractivity contribution in [3.8, 4) is 0 Å². The van der Waals surface area contributed by atoms with E-state index in [9.17, 15) is 4.79 Å². The summed E-state index contributed by atoms with van der Waals surface area (Å²) < 4.78 is 10.4. The predicted octanol–water partition coefficient (Wildman–Crippen LogP) is 3.70. The van der Waals surface area contributed by atoms with Crippen LogP contribution in [-0.2, 0) is 14.3 Å². The van der Waals surface area contributed by atoms with E-state index in [4.69, 9.17) is 33.3 Å². The fourth-order valence-corrected chi connectivity index (χ4v) is 3.71. The van der Waals surface area contributed by atoms with Gasteiger partial charge in [0, 0.05) is 30.3 Å². The number of carbonyl (C=O) groups is 1. The summed E-state index contributed by atoms with van der Waals surface area (Å²) in [6, 6.07) is 5.55. The second-order valence-corrected chi connectivity index (χ2v) is 7.77. The third-order valence-corrected chi connectivity index (χ3v) is 5.52. The molecule has 2 rings (SSSR count). The first-order valence-corrected chi connectivity index (χ1v) is 10.8. The summed E-state index contributed by atoms with van der Waals surface area (Å²) in [5.41, 5.74) is 4.10. The minimum atomic E-state index is -0.289. The van der Waals surface area contributed by atoms with Crippen LogP contribution in [-0.4, -0.2) is 54.8 Å². The maximum atomic E-state index is 11.8. The van der Waals surface area contributed by atoms with Crippen LogP contribution in [0, 0.1) is 0 Å². The molecule has 1 aliphatic rings. The smallest absolute Gasteiger partial charge is 0.316 e. The van der Waals surface area contributed by atoms with Crippen molar-refractivity contribution < 1.29 is 14.3 Å². The summed E-state index contributed by atoms with van der Waals surface area (Å²) in [6.07, 6.45) is 3.22. The number of ether oxygens (including phenoxy) is 2. The molecule has 1 fully saturated rings. The van der Waals surface area contributed by atoms with Gasteiger partial charge in [-0.05, 0) is 49.7 Å². The number of benzene rings is 1. The van der Waals surface area contributed by atoms with E-state index in [0.717, 1.165) is 42.9 Å². The van der Waals surface area contributed by atoms with Crippen molar-refractivity contribution in [1.29, 1.82) is 0 Å². The van der Waals surface area contributed by atoms with Crippen molar-refractivity contribution in [2.75, 3.05) is 44.0 Å². The Morgan fingerprint density at radius 2 is 2.22 bits per heavy atom. The van der Waals surface area contributed by atoms with E-state index in [1.54, 1.807) is 6.07 Å². The van der Waals surface area contributed by atoms with Gasteiger partial charge in [0.25, 0.3) is 0 Å². The summed E-state index contributed by atoms with van der Waals surface area (Å²) in [4.78, 5) is 12.6. The minimum absolute atomic E-state index is 0.190. The van der Waals surface area contributed by atoms with E-state index in [-0.39, 0.29) is 18.3 Å². The lowest BCUT2D eigenvalue weighted by Crippen LogP contribution is -2.48. The van der Waals surface area contributed by atoms with Gasteiger partial charge in [-0.25, -0.2) is 5.43 Å². The van der Waals surface area contributed by atoms with Gasteiger partial charge in [0.15, 0.2) is 5.11 Å². The molecule has 0 aromatic heterocycles. The molecular weight excluding hydrogens is 406 g/mol. The van der Waals surface area contributed by atoms with Crippen LogP contribution in [0.5, 0.6) is 0 Å². The SMILES string of the molecule is CCCOCCOC(=O)CSc1cc(NC(=S)N2CCCCN2)ccc1Cl. The van der Waals surface area contributed by atoms with Gasteiger partial charge in [0.05, 0.1) is 17.4 Å². The number of nitrogens with zero attached hydrogens (tertiary/aromatic N) is 1. The Balaban J connectivity index is 1.80. The lowest BCUT2D eigenvalue weighted by Gasteiger charge is -2.30. The topological polar surface area (TPSA) is 62.8 Å². The molecule has 27 heavy (non-hydrogen) atoms. The number of anilines is 1. The quantitative estimate of drug-likeness (QED) is 0.265. The lowest BCUT2D eigenvalue weighted by atomic mass is 10.3. The molecule has 150 valence electrons. The number of esters is 1. The van der Waals surface area contributed by atoms with Crippen LogP contribution in [0.3, 0.4) is 0 Å². The lowest BCUT2D eigenvalue weighted by molar-refractivity contribution is -0.141. The molecule has 9 heteroatoms. The largest absolute Gasteiger partial charge is 0.463 e. The number of thiocarbonyl (C=S) groups is 1. The molecule has 6 nitrogen and oxygen atoms in total. The first-order chi connectivity index (χ1) is 13.1. The molecular formula is C18H26ClN3O3S2. The van der Waals surface area contributed by atoms with E-state index in [2.05, 4.69) is 10.7 Å². The molecule has 0 aliphatic carbocycles. The second kappa shape index (κ2) is 12.4. The number of rotatable bonds is 9. The van der Waals surface area contributed by atoms with Gasteiger partial charge in [-0.1, -0.05) is 18.5 Å². The zero-order valence-corrected chi connectivity index (χ0v) is 17.9. The third-order valence-electron chi connectivity index (χ3n) is 3.72. The molecule has 0 spiro atoms. The molecule has 1 saturated heterocycles. The maximum absolute atomic E-state index is 11.8. The Hall–Kier alpha value is -1.06. The van der Waals surface area contributed by atoms with Crippen molar-refractivity contribution >= 4 is 52.3 Å². The number of thioether (sulfide) groups is 1. The highest BCUT2D eigenvalue weighted by Crippen LogP contribution is 2.30. The molecule has 1 aromatic carbocycles. The molecule has 0 atom stereocenters. The van der Waals surface area contributed by atoms with Crippen molar-refractivity contribution in [2.24, 2.45) is 0 Å². The summed E-state index contributed by atoms with van der Waals surface area (Å²) in [6.45, 7) is 5.21. The van der Waals surface area contributed by atoms with Crippen LogP contribution in [0.1, 0.15) is 26.2 Å². The monoisotopic (exact) mass is 431 g/mol. The maximum Gasteiger partial charge on any atom is 0.316 e. The fraction of sp³-hybridized carbons (Fsp3) is 0.556. The number of nitrogens with one attached hydrogen (secondary N) is 2. The van der Waals surface area contributed by atoms with Crippen LogP contribution in [0.4, 0.5) is 5.69 Å². The molecule has 0 unspecified atom stereocenters. The number of hydrogen-bond donors (Lipinski definition) is 2. The fourth-order valence-electron chi connectivity index (χ4n) is 2.38. The summed E-state index contributed by atoms with van der Waals surface area (Å²) in [5.74, 6) is -0.0997. The molecule has 0 bridgehead atoms. The van der Waals surface area contributed by atoms with E-state index in [0.29, 0.717) is 23.3 Å². The van der Waals surface area contributed by atoms with Crippen molar-refractivity contribution in [2.45, 2.75) is 31.1 Å². The van der Waals surface area contributed by atoms with Gasteiger partial charge in [-0.2, -0.15) is 0 Å². The van der Waals surface area contributed by atoms with Crippen molar-refractivity contribution in [1.82, 2.24) is 10.4 Å². The van der Waals surface area contributed by atoms with Gasteiger partial charge in [-0.15, -0.1) is 11.8 Å². The van der Waals surface area contributed by atoms with E-state index in [1.165, 1.54) is 11.8 Å². The molecule has 0 amide bonds. The first kappa shape index (κ1) is 22.2. The second-order valence-electron chi connectivity index (χ2n) is 5.96. The normalized spacial score (nSPS) is 14.1. The predicted molar refractivity (Wildman–Crippen MR) is 114 cm³/mol. The molecule has 0 radical (unpaired) electrons. The van der Waals surface area contributed by atoms with Crippen LogP contribution in [0.15, 0.2) is 23.1 Å². The molecule has 1 heterocycles. The van der Waals surface area contributed by atoms with Crippen LogP contribution in [0.2, 0.25) is 5.02 Å².